The van der Waals surface area contributed by atoms with Gasteiger partial charge >= 0.3 is 5.97 Å². The molecule has 1 aliphatic rings. The van der Waals surface area contributed by atoms with Gasteiger partial charge in [0.05, 0.1) is 23.5 Å². The van der Waals surface area contributed by atoms with E-state index in [1.807, 2.05) is 29.2 Å². The number of halogens is 4. The molecule has 1 unspecified atom stereocenters. The third kappa shape index (κ3) is 10.0. The van der Waals surface area contributed by atoms with Gasteiger partial charge in [-0.05, 0) is 53.1 Å². The Labute approximate surface area is 304 Å². The lowest BCUT2D eigenvalue weighted by Gasteiger charge is -2.49. The van der Waals surface area contributed by atoms with Crippen LogP contribution >= 0.6 is 23.2 Å². The van der Waals surface area contributed by atoms with Crippen LogP contribution in [0.1, 0.15) is 29.2 Å². The Hall–Kier alpha value is -4.56. The molecule has 15 heteroatoms. The Bertz CT molecular complexity index is 1900. The molecule has 0 aliphatic carbocycles. The predicted molar refractivity (Wildman–Crippen MR) is 190 cm³/mol. The van der Waals surface area contributed by atoms with Crippen LogP contribution in [0, 0.1) is 11.6 Å². The van der Waals surface area contributed by atoms with E-state index in [-0.39, 0.29) is 31.2 Å². The number of likely N-dealkylation sites (tertiary alicyclic amines) is 1. The van der Waals surface area contributed by atoms with Gasteiger partial charge in [0.1, 0.15) is 24.1 Å². The lowest BCUT2D eigenvalue weighted by molar-refractivity contribution is -0.142. The molecule has 0 radical (unpaired) electrons. The number of carboxylic acid groups (broad SMARTS) is 1. The molecule has 0 saturated carbocycles. The number of benzene rings is 4. The molecule has 51 heavy (non-hydrogen) atoms. The lowest BCUT2D eigenvalue weighted by atomic mass is 9.93. The van der Waals surface area contributed by atoms with Crippen molar-refractivity contribution in [2.45, 2.75) is 31.0 Å². The maximum Gasteiger partial charge on any atom is 0.326 e. The monoisotopic (exact) mass is 758 g/mol. The van der Waals surface area contributed by atoms with Crippen molar-refractivity contribution in [2.75, 3.05) is 29.7 Å². The molecular weight excluding hydrogens is 725 g/mol. The number of hydrogen-bond donors (Lipinski definition) is 3. The van der Waals surface area contributed by atoms with E-state index in [2.05, 4.69) is 10.6 Å². The summed E-state index contributed by atoms with van der Waals surface area (Å²) in [6, 6.07) is 23.2. The van der Waals surface area contributed by atoms with Crippen LogP contribution in [0.2, 0.25) is 10.0 Å². The zero-order valence-electron chi connectivity index (χ0n) is 27.0. The van der Waals surface area contributed by atoms with Crippen LogP contribution in [-0.2, 0) is 30.8 Å². The van der Waals surface area contributed by atoms with Crippen LogP contribution in [0.4, 0.5) is 14.5 Å². The second-order valence-electron chi connectivity index (χ2n) is 12.0. The summed E-state index contributed by atoms with van der Waals surface area (Å²) < 4.78 is 57.4. The zero-order valence-corrected chi connectivity index (χ0v) is 29.3. The third-order valence-corrected chi connectivity index (χ3v) is 10.6. The third-order valence-electron chi connectivity index (χ3n) is 8.28. The number of aliphatic carboxylic acids is 1. The van der Waals surface area contributed by atoms with Gasteiger partial charge in [-0.3, -0.25) is 18.8 Å². The fourth-order valence-corrected chi connectivity index (χ4v) is 7.76. The quantitative estimate of drug-likeness (QED) is 0.142. The van der Waals surface area contributed by atoms with E-state index in [0.717, 1.165) is 27.6 Å². The van der Waals surface area contributed by atoms with Gasteiger partial charge in [-0.1, -0.05) is 77.8 Å². The van der Waals surface area contributed by atoms with E-state index in [9.17, 15) is 36.7 Å². The Morgan fingerprint density at radius 1 is 0.843 bits per heavy atom. The highest BCUT2D eigenvalue weighted by molar-refractivity contribution is 7.92. The van der Waals surface area contributed by atoms with Crippen molar-refractivity contribution in [3.63, 3.8) is 0 Å². The molecule has 1 saturated heterocycles. The summed E-state index contributed by atoms with van der Waals surface area (Å²) in [7, 11) is -4.30. The van der Waals surface area contributed by atoms with Crippen LogP contribution in [0.3, 0.4) is 0 Å². The summed E-state index contributed by atoms with van der Waals surface area (Å²) in [5.41, 5.74) is 2.22. The SMILES string of the molecule is O=C(CC(=O)NC(Cc1ccccc1)C(=O)O)NCCS(=O)(=O)N(c1cc(F)cc(F)c1)C1CN(C(c2ccc(Cl)cc2)c2ccc(Cl)cc2)C1. The number of sulfonamides is 1. The maximum atomic E-state index is 14.4. The van der Waals surface area contributed by atoms with Crippen molar-refractivity contribution >= 4 is 56.7 Å². The number of carbonyl (C=O) groups is 3. The van der Waals surface area contributed by atoms with Gasteiger partial charge in [0.2, 0.25) is 21.8 Å². The number of nitrogens with one attached hydrogen (secondary N) is 2. The molecule has 1 heterocycles. The predicted octanol–water partition coefficient (Wildman–Crippen LogP) is 5.20. The number of rotatable bonds is 15. The molecular formula is C36H34Cl2F2N4O6S. The van der Waals surface area contributed by atoms with Crippen LogP contribution in [0.5, 0.6) is 0 Å². The molecule has 1 fully saturated rings. The van der Waals surface area contributed by atoms with Crippen molar-refractivity contribution < 1.29 is 36.7 Å². The Kier molecular flexibility index (Phi) is 12.3. The summed E-state index contributed by atoms with van der Waals surface area (Å²) in [6.45, 7) is -0.0508. The fraction of sp³-hybridized carbons (Fsp3) is 0.250. The van der Waals surface area contributed by atoms with E-state index in [4.69, 9.17) is 23.2 Å². The minimum absolute atomic E-state index is 0.00295. The van der Waals surface area contributed by atoms with Gasteiger partial charge in [0.25, 0.3) is 0 Å². The summed E-state index contributed by atoms with van der Waals surface area (Å²) in [5.74, 6) is -5.56. The summed E-state index contributed by atoms with van der Waals surface area (Å²) in [5, 5.41) is 15.3. The first-order valence-corrected chi connectivity index (χ1v) is 18.2. The molecule has 5 rings (SSSR count). The van der Waals surface area contributed by atoms with E-state index >= 15 is 0 Å². The first-order valence-electron chi connectivity index (χ1n) is 15.8. The largest absolute Gasteiger partial charge is 0.480 e. The minimum Gasteiger partial charge on any atom is -0.480 e. The second-order valence-corrected chi connectivity index (χ2v) is 14.9. The van der Waals surface area contributed by atoms with Crippen LogP contribution < -0.4 is 14.9 Å². The molecule has 10 nitrogen and oxygen atoms in total. The van der Waals surface area contributed by atoms with Gasteiger partial charge in [0, 0.05) is 42.2 Å². The first-order chi connectivity index (χ1) is 24.3. The van der Waals surface area contributed by atoms with Gasteiger partial charge in [-0.2, -0.15) is 0 Å². The summed E-state index contributed by atoms with van der Waals surface area (Å²) in [6.07, 6.45) is -0.747. The average Bonchev–Trinajstić information content (AvgIpc) is 3.04. The molecule has 4 aromatic carbocycles. The standard InChI is InChI=1S/C36H34Cl2F2N4O6S/c37-26-10-6-24(7-11-26)35(25-8-12-27(38)13-9-25)43-21-31(22-43)44(30-18-28(39)17-29(40)19-30)51(49,50)15-14-41-33(45)20-34(46)42-32(36(47)48)16-23-4-2-1-3-5-23/h1-13,17-19,31-32,35H,14-16,20-22H2,(H,41,45)(H,42,46)(H,47,48). The normalized spacial score (nSPS) is 14.1. The highest BCUT2D eigenvalue weighted by Gasteiger charge is 2.42. The van der Waals surface area contributed by atoms with Crippen molar-refractivity contribution in [2.24, 2.45) is 0 Å². The zero-order chi connectivity index (χ0) is 36.7. The van der Waals surface area contributed by atoms with Crippen LogP contribution in [0.25, 0.3) is 0 Å². The van der Waals surface area contributed by atoms with Crippen molar-refractivity contribution in [1.29, 1.82) is 0 Å². The molecule has 1 atom stereocenters. The van der Waals surface area contributed by atoms with Crippen molar-refractivity contribution in [3.8, 4) is 0 Å². The maximum absolute atomic E-state index is 14.4. The molecule has 4 aromatic rings. The topological polar surface area (TPSA) is 136 Å². The van der Waals surface area contributed by atoms with Crippen LogP contribution in [-0.4, -0.2) is 73.7 Å². The van der Waals surface area contributed by atoms with Crippen LogP contribution in [0.15, 0.2) is 97.1 Å². The number of nitrogens with zero attached hydrogens (tertiary/aromatic N) is 2. The highest BCUT2D eigenvalue weighted by atomic mass is 35.5. The number of carbonyl (C=O) groups excluding carboxylic acids is 2. The molecule has 3 N–H and O–H groups in total. The van der Waals surface area contributed by atoms with Gasteiger partial charge < -0.3 is 15.7 Å². The Balaban J connectivity index is 1.26. The lowest BCUT2D eigenvalue weighted by Crippen LogP contribution is -2.62. The van der Waals surface area contributed by atoms with E-state index in [1.54, 1.807) is 54.6 Å². The minimum atomic E-state index is -4.30. The molecule has 0 bridgehead atoms. The van der Waals surface area contributed by atoms with Crippen molar-refractivity contribution in [1.82, 2.24) is 15.5 Å². The van der Waals surface area contributed by atoms with E-state index in [1.165, 1.54) is 0 Å². The Morgan fingerprint density at radius 3 is 1.92 bits per heavy atom. The molecule has 0 spiro atoms. The first kappa shape index (κ1) is 37.7. The van der Waals surface area contributed by atoms with Gasteiger partial charge in [0.15, 0.2) is 0 Å². The summed E-state index contributed by atoms with van der Waals surface area (Å²) >= 11 is 12.3. The number of anilines is 1. The number of amides is 2. The summed E-state index contributed by atoms with van der Waals surface area (Å²) in [4.78, 5) is 38.8. The second kappa shape index (κ2) is 16.6. The highest BCUT2D eigenvalue weighted by Crippen LogP contribution is 2.37. The van der Waals surface area contributed by atoms with Crippen molar-refractivity contribution in [3.05, 3.63) is 135 Å². The molecule has 0 aromatic heterocycles. The van der Waals surface area contributed by atoms with Gasteiger partial charge in [-0.15, -0.1) is 0 Å². The number of hydrogen-bond acceptors (Lipinski definition) is 6. The fourth-order valence-electron chi connectivity index (χ4n) is 5.94. The average molecular weight is 760 g/mol. The number of carboxylic acids is 1. The molecule has 1 aliphatic heterocycles. The smallest absolute Gasteiger partial charge is 0.326 e. The molecule has 268 valence electrons. The van der Waals surface area contributed by atoms with Gasteiger partial charge in [-0.25, -0.2) is 22.0 Å². The van der Waals surface area contributed by atoms with E-state index < -0.39 is 70.2 Å². The molecule has 2 amide bonds. The Morgan fingerprint density at radius 2 is 1.39 bits per heavy atom. The van der Waals surface area contributed by atoms with E-state index in [0.29, 0.717) is 21.7 Å².